The van der Waals surface area contributed by atoms with Crippen molar-refractivity contribution in [1.29, 1.82) is 0 Å². The molecule has 7 heteroatoms. The summed E-state index contributed by atoms with van der Waals surface area (Å²) < 4.78 is 0. The number of anilines is 1. The smallest absolute Gasteiger partial charge is 0.322 e. The highest BCUT2D eigenvalue weighted by molar-refractivity contribution is 5.93. The van der Waals surface area contributed by atoms with Crippen LogP contribution in [0.15, 0.2) is 48.5 Å². The van der Waals surface area contributed by atoms with Gasteiger partial charge < -0.3 is 15.1 Å². The molecule has 178 valence electrons. The third-order valence-corrected chi connectivity index (χ3v) is 6.35. The zero-order valence-corrected chi connectivity index (χ0v) is 19.8. The molecule has 0 bridgehead atoms. The number of likely N-dealkylation sites (N-methyl/N-ethyl adjacent to an activating group) is 1. The lowest BCUT2D eigenvalue weighted by atomic mass is 9.91. The average molecular weight is 454 g/mol. The molecule has 0 spiro atoms. The van der Waals surface area contributed by atoms with Gasteiger partial charge in [0.1, 0.15) is 6.04 Å². The number of amides is 3. The zero-order valence-electron chi connectivity index (χ0n) is 19.8. The Labute approximate surface area is 196 Å². The van der Waals surface area contributed by atoms with Crippen molar-refractivity contribution in [2.24, 2.45) is 0 Å². The van der Waals surface area contributed by atoms with E-state index >= 15 is 0 Å². The van der Waals surface area contributed by atoms with E-state index in [1.54, 1.807) is 7.05 Å². The van der Waals surface area contributed by atoms with E-state index in [1.807, 2.05) is 54.3 Å². The van der Waals surface area contributed by atoms with E-state index in [9.17, 15) is 9.59 Å². The molecule has 2 atom stereocenters. The van der Waals surface area contributed by atoms with E-state index < -0.39 is 6.04 Å². The number of carbonyl (C=O) groups is 2. The van der Waals surface area contributed by atoms with Crippen molar-refractivity contribution in [2.75, 3.05) is 19.0 Å². The number of rotatable bonds is 9. The minimum atomic E-state index is -0.572. The number of benzene rings is 2. The molecular weight excluding hydrogens is 418 g/mol. The Morgan fingerprint density at radius 3 is 2.67 bits per heavy atom. The van der Waals surface area contributed by atoms with Gasteiger partial charge in [0.15, 0.2) is 0 Å². The van der Waals surface area contributed by atoms with Crippen molar-refractivity contribution in [3.05, 3.63) is 65.2 Å². The van der Waals surface area contributed by atoms with Gasteiger partial charge in [-0.1, -0.05) is 56.2 Å². The minimum absolute atomic E-state index is 0.0669. The Bertz CT molecular complexity index is 949. The number of nitrogens with zero attached hydrogens (tertiary/aromatic N) is 2. The fourth-order valence-corrected chi connectivity index (χ4v) is 4.44. The summed E-state index contributed by atoms with van der Waals surface area (Å²) in [5, 5.41) is 11.8. The van der Waals surface area contributed by atoms with E-state index in [2.05, 4.69) is 23.2 Å². The second-order valence-corrected chi connectivity index (χ2v) is 8.78. The van der Waals surface area contributed by atoms with Crippen LogP contribution in [0.4, 0.5) is 10.5 Å². The summed E-state index contributed by atoms with van der Waals surface area (Å²) in [7, 11) is 1.69. The Morgan fingerprint density at radius 2 is 1.97 bits per heavy atom. The Balaban J connectivity index is 1.81. The van der Waals surface area contributed by atoms with Crippen molar-refractivity contribution in [3.8, 4) is 0 Å². The van der Waals surface area contributed by atoms with Crippen LogP contribution < -0.4 is 5.32 Å². The summed E-state index contributed by atoms with van der Waals surface area (Å²) in [4.78, 5) is 34.6. The monoisotopic (exact) mass is 453 g/mol. The summed E-state index contributed by atoms with van der Waals surface area (Å²) in [6, 6.07) is 14.7. The van der Waals surface area contributed by atoms with Gasteiger partial charge in [-0.05, 0) is 55.0 Å². The van der Waals surface area contributed by atoms with Crippen LogP contribution in [0.25, 0.3) is 0 Å². The average Bonchev–Trinajstić information content (AvgIpc) is 2.82. The molecule has 1 aliphatic rings. The lowest BCUT2D eigenvalue weighted by Gasteiger charge is -2.40. The SMILES string of the molecule is CCCCC(C(=O)N1Cc2ccccc2C[C@@H]1CCOO)N(C)C(=O)Nc1cccc(C)c1. The Hall–Kier alpha value is -2.90. The molecule has 0 aliphatic carbocycles. The molecule has 0 saturated carbocycles. The standard InChI is InChI=1S/C26H35N3O4/c1-4-5-13-24(28(3)26(31)27-22-12-8-9-19(2)16-22)25(30)29-18-21-11-7-6-10-20(21)17-23(29)14-15-33-32/h6-12,16,23-24,32H,4-5,13-15,17-18H2,1-3H3,(H,27,31)/t23-,24?/m0/s1. The van der Waals surface area contributed by atoms with Gasteiger partial charge in [-0.3, -0.25) is 10.1 Å². The maximum absolute atomic E-state index is 13.8. The lowest BCUT2D eigenvalue weighted by molar-refractivity contribution is -0.244. The van der Waals surface area contributed by atoms with Crippen molar-refractivity contribution in [3.63, 3.8) is 0 Å². The van der Waals surface area contributed by atoms with Crippen LogP contribution in [0.1, 0.15) is 49.3 Å². The van der Waals surface area contributed by atoms with E-state index in [4.69, 9.17) is 5.26 Å². The van der Waals surface area contributed by atoms with Gasteiger partial charge >= 0.3 is 6.03 Å². The third-order valence-electron chi connectivity index (χ3n) is 6.35. The predicted molar refractivity (Wildman–Crippen MR) is 129 cm³/mol. The van der Waals surface area contributed by atoms with Gasteiger partial charge in [0.25, 0.3) is 0 Å². The number of carbonyl (C=O) groups excluding carboxylic acids is 2. The van der Waals surface area contributed by atoms with Crippen LogP contribution in [-0.4, -0.2) is 52.7 Å². The second kappa shape index (κ2) is 11.8. The minimum Gasteiger partial charge on any atom is -0.333 e. The number of hydrogen-bond donors (Lipinski definition) is 2. The molecule has 0 fully saturated rings. The van der Waals surface area contributed by atoms with E-state index in [1.165, 1.54) is 10.5 Å². The number of nitrogens with one attached hydrogen (secondary N) is 1. The summed E-state index contributed by atoms with van der Waals surface area (Å²) >= 11 is 0. The number of aryl methyl sites for hydroxylation is 1. The molecule has 2 N–H and O–H groups in total. The van der Waals surface area contributed by atoms with Crippen molar-refractivity contribution >= 4 is 17.6 Å². The van der Waals surface area contributed by atoms with Gasteiger partial charge in [0.2, 0.25) is 5.91 Å². The normalized spacial score (nSPS) is 16.1. The quantitative estimate of drug-likeness (QED) is 0.420. The highest BCUT2D eigenvalue weighted by Gasteiger charge is 2.36. The molecule has 0 aromatic heterocycles. The van der Waals surface area contributed by atoms with Crippen LogP contribution in [0.5, 0.6) is 0 Å². The van der Waals surface area contributed by atoms with Gasteiger partial charge in [0, 0.05) is 25.3 Å². The highest BCUT2D eigenvalue weighted by Crippen LogP contribution is 2.27. The molecule has 1 aliphatic heterocycles. The first-order chi connectivity index (χ1) is 15.9. The highest BCUT2D eigenvalue weighted by atomic mass is 17.1. The number of hydrogen-bond acceptors (Lipinski definition) is 4. The fraction of sp³-hybridized carbons (Fsp3) is 0.462. The van der Waals surface area contributed by atoms with Crippen LogP contribution in [0, 0.1) is 6.92 Å². The summed E-state index contributed by atoms with van der Waals surface area (Å²) in [6.07, 6.45) is 3.59. The summed E-state index contributed by atoms with van der Waals surface area (Å²) in [6.45, 7) is 4.69. The Kier molecular flexibility index (Phi) is 8.86. The number of urea groups is 1. The molecule has 0 saturated heterocycles. The first-order valence-electron chi connectivity index (χ1n) is 11.7. The molecule has 0 radical (unpaired) electrons. The van der Waals surface area contributed by atoms with E-state index in [-0.39, 0.29) is 24.6 Å². The first-order valence-corrected chi connectivity index (χ1v) is 11.7. The molecule has 3 amide bonds. The molecular formula is C26H35N3O4. The van der Waals surface area contributed by atoms with Gasteiger partial charge in [-0.25, -0.2) is 9.68 Å². The summed E-state index contributed by atoms with van der Waals surface area (Å²) in [5.74, 6) is -0.0669. The molecule has 33 heavy (non-hydrogen) atoms. The maximum Gasteiger partial charge on any atom is 0.322 e. The van der Waals surface area contributed by atoms with Crippen LogP contribution in [0.2, 0.25) is 0 Å². The van der Waals surface area contributed by atoms with Gasteiger partial charge in [-0.2, -0.15) is 0 Å². The molecule has 1 unspecified atom stereocenters. The lowest BCUT2D eigenvalue weighted by Crippen LogP contribution is -2.54. The van der Waals surface area contributed by atoms with Crippen LogP contribution in [-0.2, 0) is 22.6 Å². The van der Waals surface area contributed by atoms with Crippen molar-refractivity contribution in [2.45, 2.75) is 64.6 Å². The van der Waals surface area contributed by atoms with E-state index in [0.717, 1.165) is 24.0 Å². The molecule has 3 rings (SSSR count). The fourth-order valence-electron chi connectivity index (χ4n) is 4.44. The Morgan fingerprint density at radius 1 is 1.21 bits per heavy atom. The third kappa shape index (κ3) is 6.33. The van der Waals surface area contributed by atoms with Gasteiger partial charge in [0.05, 0.1) is 6.61 Å². The van der Waals surface area contributed by atoms with Crippen molar-refractivity contribution < 1.29 is 19.7 Å². The summed E-state index contributed by atoms with van der Waals surface area (Å²) in [5.41, 5.74) is 4.08. The van der Waals surface area contributed by atoms with Crippen LogP contribution in [0.3, 0.4) is 0 Å². The number of fused-ring (bicyclic) bond motifs is 1. The van der Waals surface area contributed by atoms with Crippen molar-refractivity contribution in [1.82, 2.24) is 9.80 Å². The largest absolute Gasteiger partial charge is 0.333 e. The molecule has 2 aromatic carbocycles. The zero-order chi connectivity index (χ0) is 23.8. The first kappa shape index (κ1) is 24.7. The second-order valence-electron chi connectivity index (χ2n) is 8.78. The predicted octanol–water partition coefficient (Wildman–Crippen LogP) is 4.85. The van der Waals surface area contributed by atoms with Crippen LogP contribution >= 0.6 is 0 Å². The molecule has 7 nitrogen and oxygen atoms in total. The molecule has 2 aromatic rings. The maximum atomic E-state index is 13.8. The molecule has 1 heterocycles. The van der Waals surface area contributed by atoms with Gasteiger partial charge in [-0.15, -0.1) is 0 Å². The number of unbranched alkanes of at least 4 members (excludes halogenated alkanes) is 1. The van der Waals surface area contributed by atoms with E-state index in [0.29, 0.717) is 31.5 Å². The topological polar surface area (TPSA) is 82.1 Å².